The minimum Gasteiger partial charge on any atom is -0.358 e. The molecule has 0 aliphatic heterocycles. The van der Waals surface area contributed by atoms with Gasteiger partial charge in [0.05, 0.1) is 0 Å². The molecule has 0 aliphatic carbocycles. The molecule has 0 saturated heterocycles. The Morgan fingerprint density at radius 2 is 1.88 bits per heavy atom. The largest absolute Gasteiger partial charge is 0.358 e. The monoisotopic (exact) mass is 417 g/mol. The van der Waals surface area contributed by atoms with Gasteiger partial charge in [-0.05, 0) is 36.3 Å². The lowest BCUT2D eigenvalue weighted by molar-refractivity contribution is 0.0525. The van der Waals surface area contributed by atoms with Gasteiger partial charge in [-0.25, -0.2) is 0 Å². The van der Waals surface area contributed by atoms with Crippen LogP contribution in [0, 0.1) is 0 Å². The van der Waals surface area contributed by atoms with E-state index in [-0.39, 0.29) is 11.0 Å². The van der Waals surface area contributed by atoms with Crippen molar-refractivity contribution in [2.45, 2.75) is 25.7 Å². The lowest BCUT2D eigenvalue weighted by Gasteiger charge is -2.13. The third-order valence-corrected chi connectivity index (χ3v) is 4.97. The lowest BCUT2D eigenvalue weighted by atomic mass is 9.98. The predicted octanol–water partition coefficient (Wildman–Crippen LogP) is 5.72. The van der Waals surface area contributed by atoms with Gasteiger partial charge in [-0.15, -0.1) is 0 Å². The van der Waals surface area contributed by atoms with Gasteiger partial charge >= 0.3 is 0 Å². The smallest absolute Gasteiger partial charge is 0.291 e. The Morgan fingerprint density at radius 3 is 2.50 bits per heavy atom. The summed E-state index contributed by atoms with van der Waals surface area (Å²) in [5.74, 6) is -3.06. The molecule has 3 aromatic rings. The number of aromatic nitrogens is 1. The van der Waals surface area contributed by atoms with Crippen LogP contribution in [-0.2, 0) is 18.8 Å². The SMILES string of the molecule is C=CC(F)(F)c1ccc(Cc2c(CC)[nH]c3ccc(Br)cc3c2=O)cc1. The molecular weight excluding hydrogens is 400 g/mol. The summed E-state index contributed by atoms with van der Waals surface area (Å²) in [7, 11) is 0. The summed E-state index contributed by atoms with van der Waals surface area (Å²) in [6.07, 6.45) is 1.70. The highest BCUT2D eigenvalue weighted by Crippen LogP contribution is 2.29. The summed E-state index contributed by atoms with van der Waals surface area (Å²) < 4.78 is 28.2. The van der Waals surface area contributed by atoms with E-state index in [4.69, 9.17) is 0 Å². The Kier molecular flexibility index (Phi) is 5.10. The molecule has 0 bridgehead atoms. The Hall–Kier alpha value is -2.27. The van der Waals surface area contributed by atoms with E-state index >= 15 is 0 Å². The molecule has 0 radical (unpaired) electrons. The molecule has 0 amide bonds. The number of aromatic amines is 1. The van der Waals surface area contributed by atoms with Gasteiger partial charge in [0.1, 0.15) is 0 Å². The average Bonchev–Trinajstić information content (AvgIpc) is 2.64. The number of pyridine rings is 1. The molecule has 1 heterocycles. The second-order valence-corrected chi connectivity index (χ2v) is 7.07. The van der Waals surface area contributed by atoms with Crippen LogP contribution in [0.1, 0.15) is 29.3 Å². The third kappa shape index (κ3) is 3.49. The van der Waals surface area contributed by atoms with Crippen molar-refractivity contribution in [2.75, 3.05) is 0 Å². The number of aryl methyl sites for hydroxylation is 1. The van der Waals surface area contributed by atoms with Gasteiger partial charge in [0, 0.05) is 38.6 Å². The standard InChI is InChI=1S/C21H18BrF2NO/c1-3-18-16(20(26)17-12-15(22)9-10-19(17)25-18)11-13-5-7-14(8-6-13)21(23,24)4-2/h4-10,12H,2-3,11H2,1H3,(H,25,26). The fourth-order valence-corrected chi connectivity index (χ4v) is 3.37. The van der Waals surface area contributed by atoms with Gasteiger partial charge in [-0.3, -0.25) is 4.79 Å². The molecule has 2 nitrogen and oxygen atoms in total. The number of allylic oxidation sites excluding steroid dienone is 1. The molecule has 1 N–H and O–H groups in total. The van der Waals surface area contributed by atoms with E-state index in [9.17, 15) is 13.6 Å². The molecule has 0 fully saturated rings. The minimum absolute atomic E-state index is 0.0302. The topological polar surface area (TPSA) is 32.9 Å². The number of hydrogen-bond acceptors (Lipinski definition) is 1. The van der Waals surface area contributed by atoms with E-state index in [0.717, 1.165) is 21.2 Å². The Balaban J connectivity index is 2.04. The second-order valence-electron chi connectivity index (χ2n) is 6.16. The lowest BCUT2D eigenvalue weighted by Crippen LogP contribution is -2.15. The summed E-state index contributed by atoms with van der Waals surface area (Å²) >= 11 is 3.39. The highest BCUT2D eigenvalue weighted by Gasteiger charge is 2.26. The van der Waals surface area contributed by atoms with E-state index in [1.807, 2.05) is 19.1 Å². The zero-order valence-corrected chi connectivity index (χ0v) is 15.9. The number of H-pyrrole nitrogens is 1. The molecule has 0 unspecified atom stereocenters. The Bertz CT molecular complexity index is 1020. The van der Waals surface area contributed by atoms with Crippen LogP contribution in [0.2, 0.25) is 0 Å². The Morgan fingerprint density at radius 1 is 1.19 bits per heavy atom. The van der Waals surface area contributed by atoms with Gasteiger partial charge in [0.2, 0.25) is 0 Å². The second kappa shape index (κ2) is 7.16. The highest BCUT2D eigenvalue weighted by molar-refractivity contribution is 9.10. The van der Waals surface area contributed by atoms with Crippen LogP contribution in [-0.4, -0.2) is 4.98 Å². The molecule has 0 spiro atoms. The van der Waals surface area contributed by atoms with Crippen molar-refractivity contribution in [3.63, 3.8) is 0 Å². The summed E-state index contributed by atoms with van der Waals surface area (Å²) in [4.78, 5) is 16.3. The molecule has 2 aromatic carbocycles. The summed E-state index contributed by atoms with van der Waals surface area (Å²) in [5.41, 5.74) is 3.00. The van der Waals surface area contributed by atoms with E-state index < -0.39 is 5.92 Å². The van der Waals surface area contributed by atoms with Crippen LogP contribution in [0.5, 0.6) is 0 Å². The normalized spacial score (nSPS) is 11.7. The van der Waals surface area contributed by atoms with E-state index in [0.29, 0.717) is 29.9 Å². The first-order valence-corrected chi connectivity index (χ1v) is 9.09. The number of hydrogen-bond donors (Lipinski definition) is 1. The summed E-state index contributed by atoms with van der Waals surface area (Å²) in [6.45, 7) is 5.15. The fourth-order valence-electron chi connectivity index (χ4n) is 3.01. The zero-order valence-electron chi connectivity index (χ0n) is 14.3. The van der Waals surface area contributed by atoms with Gasteiger partial charge in [-0.2, -0.15) is 8.78 Å². The maximum absolute atomic E-state index is 13.7. The molecule has 0 atom stereocenters. The van der Waals surface area contributed by atoms with E-state index in [2.05, 4.69) is 27.5 Å². The molecule has 1 aromatic heterocycles. The van der Waals surface area contributed by atoms with Crippen LogP contribution in [0.4, 0.5) is 8.78 Å². The van der Waals surface area contributed by atoms with E-state index in [1.165, 1.54) is 12.1 Å². The van der Waals surface area contributed by atoms with Gasteiger partial charge < -0.3 is 4.98 Å². The van der Waals surface area contributed by atoms with Crippen LogP contribution >= 0.6 is 15.9 Å². The molecule has 3 rings (SSSR count). The minimum atomic E-state index is -3.06. The van der Waals surface area contributed by atoms with Gasteiger partial charge in [0.15, 0.2) is 5.43 Å². The first-order valence-electron chi connectivity index (χ1n) is 8.30. The molecular formula is C21H18BrF2NO. The van der Waals surface area contributed by atoms with Gasteiger partial charge in [0.25, 0.3) is 5.92 Å². The molecule has 0 aliphatic rings. The number of alkyl halides is 2. The number of halogens is 3. The number of rotatable bonds is 5. The summed E-state index contributed by atoms with van der Waals surface area (Å²) in [5, 5.41) is 0.612. The predicted molar refractivity (Wildman–Crippen MR) is 105 cm³/mol. The number of nitrogens with one attached hydrogen (secondary N) is 1. The maximum Gasteiger partial charge on any atom is 0.291 e. The van der Waals surface area contributed by atoms with Crippen molar-refractivity contribution in [3.05, 3.63) is 92.2 Å². The zero-order chi connectivity index (χ0) is 18.9. The molecule has 0 saturated carbocycles. The van der Waals surface area contributed by atoms with Crippen molar-refractivity contribution in [2.24, 2.45) is 0 Å². The quantitative estimate of drug-likeness (QED) is 0.528. The van der Waals surface area contributed by atoms with Crippen LogP contribution in [0.3, 0.4) is 0 Å². The number of benzene rings is 2. The van der Waals surface area contributed by atoms with Crippen molar-refractivity contribution in [1.29, 1.82) is 0 Å². The maximum atomic E-state index is 13.7. The van der Waals surface area contributed by atoms with E-state index in [1.54, 1.807) is 18.2 Å². The average molecular weight is 418 g/mol. The van der Waals surface area contributed by atoms with Crippen LogP contribution in [0.15, 0.2) is 64.4 Å². The molecule has 26 heavy (non-hydrogen) atoms. The van der Waals surface area contributed by atoms with Crippen molar-refractivity contribution < 1.29 is 8.78 Å². The van der Waals surface area contributed by atoms with Crippen LogP contribution < -0.4 is 5.43 Å². The van der Waals surface area contributed by atoms with Crippen molar-refractivity contribution in [1.82, 2.24) is 4.98 Å². The first kappa shape index (κ1) is 18.5. The third-order valence-electron chi connectivity index (χ3n) is 4.48. The first-order chi connectivity index (χ1) is 12.4. The fraction of sp³-hybridized carbons (Fsp3) is 0.190. The Labute approximate surface area is 158 Å². The van der Waals surface area contributed by atoms with Crippen LogP contribution in [0.25, 0.3) is 10.9 Å². The van der Waals surface area contributed by atoms with Crippen molar-refractivity contribution in [3.8, 4) is 0 Å². The summed E-state index contributed by atoms with van der Waals surface area (Å²) in [6, 6.07) is 11.6. The molecule has 5 heteroatoms. The highest BCUT2D eigenvalue weighted by atomic mass is 79.9. The van der Waals surface area contributed by atoms with Gasteiger partial charge in [-0.1, -0.05) is 53.7 Å². The van der Waals surface area contributed by atoms with Crippen molar-refractivity contribution >= 4 is 26.8 Å². The number of fused-ring (bicyclic) bond motifs is 1. The molecule has 134 valence electrons.